The van der Waals surface area contributed by atoms with Gasteiger partial charge in [-0.1, -0.05) is 0 Å². The summed E-state index contributed by atoms with van der Waals surface area (Å²) in [5, 5.41) is 6.26. The predicted molar refractivity (Wildman–Crippen MR) is 100 cm³/mol. The molecule has 0 aliphatic rings. The number of benzene rings is 1. The summed E-state index contributed by atoms with van der Waals surface area (Å²) in [4.78, 5) is 14.7. The van der Waals surface area contributed by atoms with Gasteiger partial charge in [-0.25, -0.2) is 15.0 Å². The molecule has 1 N–H and O–H groups in total. The lowest BCUT2D eigenvalue weighted by Crippen LogP contribution is -1.92. The molecule has 0 saturated carbocycles. The van der Waals surface area contributed by atoms with Gasteiger partial charge >= 0.3 is 0 Å². The number of aryl methyl sites for hydroxylation is 1. The lowest BCUT2D eigenvalue weighted by atomic mass is 10.3. The first-order valence-corrected chi connectivity index (χ1v) is 9.51. The van der Waals surface area contributed by atoms with Gasteiger partial charge in [-0.3, -0.25) is 4.40 Å². The van der Waals surface area contributed by atoms with Crippen molar-refractivity contribution >= 4 is 39.7 Å². The van der Waals surface area contributed by atoms with Crippen molar-refractivity contribution in [1.82, 2.24) is 19.4 Å². The molecule has 0 saturated heterocycles. The lowest BCUT2D eigenvalue weighted by Gasteiger charge is -2.03. The zero-order valence-electron chi connectivity index (χ0n) is 13.2. The fraction of sp³-hybridized carbons (Fsp3) is 0.118. The van der Waals surface area contributed by atoms with Gasteiger partial charge in [0.1, 0.15) is 5.69 Å². The standard InChI is InChI=1S/C17H15N5S2/c1-11-15(22-9-3-8-18-16(22)19-11)14-10-24-17(21-14)20-12-4-6-13(23-2)7-5-12/h3-10H,1-2H3,(H,20,21). The van der Waals surface area contributed by atoms with Crippen molar-refractivity contribution in [2.24, 2.45) is 0 Å². The first-order valence-electron chi connectivity index (χ1n) is 7.41. The number of rotatable bonds is 4. The van der Waals surface area contributed by atoms with E-state index < -0.39 is 0 Å². The van der Waals surface area contributed by atoms with Crippen molar-refractivity contribution in [3.8, 4) is 11.4 Å². The smallest absolute Gasteiger partial charge is 0.234 e. The number of nitrogens with zero attached hydrogens (tertiary/aromatic N) is 4. The van der Waals surface area contributed by atoms with E-state index >= 15 is 0 Å². The van der Waals surface area contributed by atoms with Crippen LogP contribution in [-0.4, -0.2) is 25.6 Å². The molecule has 0 unspecified atom stereocenters. The molecule has 120 valence electrons. The molecule has 1 aromatic carbocycles. The van der Waals surface area contributed by atoms with E-state index in [0.29, 0.717) is 5.78 Å². The number of imidazole rings is 1. The molecule has 0 spiro atoms. The molecule has 24 heavy (non-hydrogen) atoms. The van der Waals surface area contributed by atoms with Gasteiger partial charge in [0, 0.05) is 28.4 Å². The number of thioether (sulfide) groups is 1. The van der Waals surface area contributed by atoms with Gasteiger partial charge < -0.3 is 5.32 Å². The van der Waals surface area contributed by atoms with E-state index in [1.807, 2.05) is 29.0 Å². The second-order valence-electron chi connectivity index (χ2n) is 5.23. The Morgan fingerprint density at radius 2 is 2.00 bits per heavy atom. The highest BCUT2D eigenvalue weighted by atomic mass is 32.2. The molecular weight excluding hydrogens is 338 g/mol. The number of nitrogens with one attached hydrogen (secondary N) is 1. The number of thiazole rings is 1. The number of aromatic nitrogens is 4. The zero-order valence-corrected chi connectivity index (χ0v) is 14.9. The van der Waals surface area contributed by atoms with Gasteiger partial charge in [0.25, 0.3) is 0 Å². The van der Waals surface area contributed by atoms with Crippen LogP contribution < -0.4 is 5.32 Å². The average molecular weight is 353 g/mol. The first kappa shape index (κ1) is 15.2. The van der Waals surface area contributed by atoms with Crippen LogP contribution in [0.25, 0.3) is 17.2 Å². The highest BCUT2D eigenvalue weighted by Gasteiger charge is 2.14. The fourth-order valence-corrected chi connectivity index (χ4v) is 3.67. The number of fused-ring (bicyclic) bond motifs is 1. The summed E-state index contributed by atoms with van der Waals surface area (Å²) in [7, 11) is 0. The quantitative estimate of drug-likeness (QED) is 0.542. The van der Waals surface area contributed by atoms with Crippen molar-refractivity contribution in [2.45, 2.75) is 11.8 Å². The first-order chi connectivity index (χ1) is 11.7. The van der Waals surface area contributed by atoms with Crippen molar-refractivity contribution in [3.63, 3.8) is 0 Å². The number of anilines is 2. The summed E-state index contributed by atoms with van der Waals surface area (Å²) < 4.78 is 1.97. The third kappa shape index (κ3) is 2.76. The molecule has 0 fully saturated rings. The summed E-state index contributed by atoms with van der Waals surface area (Å²) in [5.74, 6) is 0.695. The Kier molecular flexibility index (Phi) is 3.95. The van der Waals surface area contributed by atoms with Crippen LogP contribution in [0.3, 0.4) is 0 Å². The highest BCUT2D eigenvalue weighted by molar-refractivity contribution is 7.98. The SMILES string of the molecule is CSc1ccc(Nc2nc(-c3c(C)nc4ncccn34)cs2)cc1. The Hall–Kier alpha value is -2.38. The second kappa shape index (κ2) is 6.26. The molecule has 3 heterocycles. The molecule has 3 aromatic heterocycles. The largest absolute Gasteiger partial charge is 0.332 e. The maximum absolute atomic E-state index is 4.72. The lowest BCUT2D eigenvalue weighted by molar-refractivity contribution is 1.11. The topological polar surface area (TPSA) is 55.1 Å². The average Bonchev–Trinajstić information content (AvgIpc) is 3.18. The molecular formula is C17H15N5S2. The van der Waals surface area contributed by atoms with E-state index in [0.717, 1.165) is 27.9 Å². The van der Waals surface area contributed by atoms with E-state index in [4.69, 9.17) is 4.98 Å². The van der Waals surface area contributed by atoms with Crippen LogP contribution in [0.2, 0.25) is 0 Å². The third-order valence-electron chi connectivity index (χ3n) is 3.67. The number of hydrogen-bond acceptors (Lipinski definition) is 6. The third-order valence-corrected chi connectivity index (χ3v) is 5.17. The molecule has 4 aromatic rings. The van der Waals surface area contributed by atoms with Crippen LogP contribution >= 0.6 is 23.1 Å². The van der Waals surface area contributed by atoms with Crippen molar-refractivity contribution in [3.05, 3.63) is 53.8 Å². The van der Waals surface area contributed by atoms with Gasteiger partial charge in [-0.15, -0.1) is 23.1 Å². The van der Waals surface area contributed by atoms with Gasteiger partial charge in [0.05, 0.1) is 11.4 Å². The Morgan fingerprint density at radius 3 is 2.79 bits per heavy atom. The molecule has 4 rings (SSSR count). The van der Waals surface area contributed by atoms with E-state index in [1.165, 1.54) is 4.90 Å². The predicted octanol–water partition coefficient (Wildman–Crippen LogP) is 4.63. The van der Waals surface area contributed by atoms with E-state index in [-0.39, 0.29) is 0 Å². The number of hydrogen-bond donors (Lipinski definition) is 1. The maximum atomic E-state index is 4.72. The van der Waals surface area contributed by atoms with Crippen LogP contribution in [-0.2, 0) is 0 Å². The van der Waals surface area contributed by atoms with Crippen LogP contribution in [0, 0.1) is 6.92 Å². The molecule has 7 heteroatoms. The van der Waals surface area contributed by atoms with Crippen molar-refractivity contribution in [1.29, 1.82) is 0 Å². The molecule has 0 amide bonds. The van der Waals surface area contributed by atoms with E-state index in [1.54, 1.807) is 29.3 Å². The summed E-state index contributed by atoms with van der Waals surface area (Å²) in [5.41, 5.74) is 3.85. The highest BCUT2D eigenvalue weighted by Crippen LogP contribution is 2.29. The molecule has 0 aliphatic carbocycles. The Morgan fingerprint density at radius 1 is 1.17 bits per heavy atom. The zero-order chi connectivity index (χ0) is 16.5. The van der Waals surface area contributed by atoms with Gasteiger partial charge in [0.2, 0.25) is 5.78 Å². The molecule has 0 bridgehead atoms. The Labute approximate surface area is 147 Å². The van der Waals surface area contributed by atoms with Crippen LogP contribution in [0.1, 0.15) is 5.69 Å². The minimum Gasteiger partial charge on any atom is -0.332 e. The Bertz CT molecular complexity index is 988. The molecule has 5 nitrogen and oxygen atoms in total. The van der Waals surface area contributed by atoms with Gasteiger partial charge in [-0.05, 0) is 43.5 Å². The van der Waals surface area contributed by atoms with Crippen molar-refractivity contribution < 1.29 is 0 Å². The van der Waals surface area contributed by atoms with E-state index in [9.17, 15) is 0 Å². The molecule has 0 radical (unpaired) electrons. The van der Waals surface area contributed by atoms with Crippen molar-refractivity contribution in [2.75, 3.05) is 11.6 Å². The van der Waals surface area contributed by atoms with Gasteiger partial charge in [-0.2, -0.15) is 0 Å². The Balaban J connectivity index is 1.65. The summed E-state index contributed by atoms with van der Waals surface area (Å²) in [6.07, 6.45) is 5.78. The minimum absolute atomic E-state index is 0.695. The maximum Gasteiger partial charge on any atom is 0.234 e. The summed E-state index contributed by atoms with van der Waals surface area (Å²) in [6, 6.07) is 10.2. The molecule has 0 aliphatic heterocycles. The molecule has 0 atom stereocenters. The minimum atomic E-state index is 0.695. The second-order valence-corrected chi connectivity index (χ2v) is 6.96. The van der Waals surface area contributed by atoms with E-state index in [2.05, 4.69) is 45.8 Å². The van der Waals surface area contributed by atoms with Crippen LogP contribution in [0.4, 0.5) is 10.8 Å². The summed E-state index contributed by atoms with van der Waals surface area (Å²) >= 11 is 3.31. The summed E-state index contributed by atoms with van der Waals surface area (Å²) in [6.45, 7) is 1.98. The normalized spacial score (nSPS) is 11.1. The van der Waals surface area contributed by atoms with Crippen LogP contribution in [0.5, 0.6) is 0 Å². The monoisotopic (exact) mass is 353 g/mol. The van der Waals surface area contributed by atoms with Gasteiger partial charge in [0.15, 0.2) is 5.13 Å². The van der Waals surface area contributed by atoms with Crippen LogP contribution in [0.15, 0.2) is 53.0 Å². The fourth-order valence-electron chi connectivity index (χ4n) is 2.54.